The van der Waals surface area contributed by atoms with Crippen LogP contribution < -0.4 is 0 Å². The molecule has 0 spiro atoms. The Balaban J connectivity index is -0.0000000873. The van der Waals surface area contributed by atoms with Crippen LogP contribution in [-0.4, -0.2) is 147 Å². The van der Waals surface area contributed by atoms with Crippen molar-refractivity contribution in [1.82, 2.24) is 19.6 Å². The monoisotopic (exact) mass is 502 g/mol. The fourth-order valence-corrected chi connectivity index (χ4v) is 0.653. The van der Waals surface area contributed by atoms with Crippen molar-refractivity contribution in [2.24, 2.45) is 0 Å². The number of aliphatic hydroxyl groups excluding tert-OH is 4. The molecule has 0 saturated heterocycles. The van der Waals surface area contributed by atoms with Crippen LogP contribution in [0.15, 0.2) is 0 Å². The molecule has 0 aromatic carbocycles. The molecular weight excluding hydrogens is 451 g/mol. The van der Waals surface area contributed by atoms with Crippen LogP contribution in [0.4, 0.5) is 0 Å². The van der Waals surface area contributed by atoms with Crippen molar-refractivity contribution >= 4 is 0 Å². The molecule has 4 unspecified atom stereocenters. The molecule has 0 fully saturated rings. The Hall–Kier alpha value is 0.563. The van der Waals surface area contributed by atoms with Crippen LogP contribution in [0.25, 0.3) is 0 Å². The second-order valence-corrected chi connectivity index (χ2v) is 7.98. The maximum Gasteiger partial charge on any atom is 0.0583 e. The Morgan fingerprint density at radius 2 is 0.517 bits per heavy atom. The van der Waals surface area contributed by atoms with Gasteiger partial charge in [-0.05, 0) is 84.1 Å². The molecule has 0 bridgehead atoms. The summed E-state index contributed by atoms with van der Waals surface area (Å²) in [7, 11) is 15.6. The van der Waals surface area contributed by atoms with Gasteiger partial charge >= 0.3 is 0 Å². The van der Waals surface area contributed by atoms with Crippen molar-refractivity contribution in [3.05, 3.63) is 0 Å². The Bertz CT molecular complexity index is 244. The van der Waals surface area contributed by atoms with Gasteiger partial charge in [0, 0.05) is 50.4 Å². The van der Waals surface area contributed by atoms with Gasteiger partial charge in [-0.2, -0.15) is 0 Å². The minimum absolute atomic E-state index is 0. The molecule has 8 nitrogen and oxygen atoms in total. The summed E-state index contributed by atoms with van der Waals surface area (Å²) in [5.41, 5.74) is 0. The average Bonchev–Trinajstić information content (AvgIpc) is 2.66. The maximum atomic E-state index is 8.46. The SMILES string of the molecule is CC(CO)N(C)C.CC(CO)N(C)C.CC(CO)N(C)C.CC(CO)N(C)C.[Zr]. The number of nitrogens with zero attached hydrogens (tertiary/aromatic N) is 4. The summed E-state index contributed by atoms with van der Waals surface area (Å²) < 4.78 is 0. The van der Waals surface area contributed by atoms with Gasteiger partial charge in [0.1, 0.15) is 0 Å². The van der Waals surface area contributed by atoms with Gasteiger partial charge in [-0.3, -0.25) is 0 Å². The van der Waals surface area contributed by atoms with Gasteiger partial charge in [0.05, 0.1) is 26.4 Å². The first-order valence-corrected chi connectivity index (χ1v) is 9.82. The Labute approximate surface area is 200 Å². The van der Waals surface area contributed by atoms with E-state index in [0.717, 1.165) is 0 Å². The van der Waals surface area contributed by atoms with Crippen LogP contribution in [-0.2, 0) is 26.2 Å². The van der Waals surface area contributed by atoms with Gasteiger partial charge in [-0.1, -0.05) is 0 Å². The zero-order valence-corrected chi connectivity index (χ0v) is 23.7. The van der Waals surface area contributed by atoms with Crippen LogP contribution >= 0.6 is 0 Å². The second kappa shape index (κ2) is 26.6. The van der Waals surface area contributed by atoms with Crippen molar-refractivity contribution in [1.29, 1.82) is 0 Å². The summed E-state index contributed by atoms with van der Waals surface area (Å²) >= 11 is 0. The van der Waals surface area contributed by atoms with Crippen LogP contribution in [0.3, 0.4) is 0 Å². The van der Waals surface area contributed by atoms with Crippen molar-refractivity contribution in [3.63, 3.8) is 0 Å². The van der Waals surface area contributed by atoms with Gasteiger partial charge in [0.25, 0.3) is 0 Å². The first kappa shape index (κ1) is 40.0. The normalized spacial score (nSPS) is 14.5. The Morgan fingerprint density at radius 1 is 0.414 bits per heavy atom. The van der Waals surface area contributed by atoms with E-state index in [1.54, 1.807) is 0 Å². The first-order chi connectivity index (χ1) is 12.7. The molecule has 0 radical (unpaired) electrons. The molecule has 4 N–H and O–H groups in total. The molecule has 0 aliphatic rings. The van der Waals surface area contributed by atoms with Gasteiger partial charge in [0.2, 0.25) is 0 Å². The predicted molar refractivity (Wildman–Crippen MR) is 121 cm³/mol. The largest absolute Gasteiger partial charge is 0.395 e. The summed E-state index contributed by atoms with van der Waals surface area (Å²) in [4.78, 5) is 7.89. The Morgan fingerprint density at radius 3 is 0.517 bits per heavy atom. The molecule has 9 heteroatoms. The molecule has 4 atom stereocenters. The summed E-state index contributed by atoms with van der Waals surface area (Å²) in [6, 6.07) is 1.17. The first-order valence-electron chi connectivity index (χ1n) is 9.82. The second-order valence-electron chi connectivity index (χ2n) is 7.98. The van der Waals surface area contributed by atoms with Gasteiger partial charge in [-0.25, -0.2) is 0 Å². The molecule has 0 amide bonds. The van der Waals surface area contributed by atoms with E-state index in [9.17, 15) is 0 Å². The summed E-state index contributed by atoms with van der Waals surface area (Å²) in [6.07, 6.45) is 0. The number of aliphatic hydroxyl groups is 4. The van der Waals surface area contributed by atoms with E-state index < -0.39 is 0 Å². The molecule has 29 heavy (non-hydrogen) atoms. The van der Waals surface area contributed by atoms with Gasteiger partial charge < -0.3 is 40.0 Å². The molecule has 180 valence electrons. The number of hydrogen-bond donors (Lipinski definition) is 4. The molecule has 0 aliphatic heterocycles. The quantitative estimate of drug-likeness (QED) is 0.359. The smallest absolute Gasteiger partial charge is 0.0583 e. The third-order valence-electron chi connectivity index (χ3n) is 4.58. The van der Waals surface area contributed by atoms with E-state index in [1.807, 2.05) is 104 Å². The molecule has 0 aromatic rings. The standard InChI is InChI=1S/4C5H13NO.Zr/c4*1-5(4-7)6(2)3;/h4*5,7H,4H2,1-3H3;. The van der Waals surface area contributed by atoms with Crippen LogP contribution in [0.2, 0.25) is 0 Å². The molecule has 0 aromatic heterocycles. The minimum atomic E-state index is 0. The van der Waals surface area contributed by atoms with E-state index in [0.29, 0.717) is 24.2 Å². The van der Waals surface area contributed by atoms with Gasteiger partial charge in [-0.15, -0.1) is 0 Å². The van der Waals surface area contributed by atoms with Crippen molar-refractivity contribution in [2.75, 3.05) is 82.8 Å². The van der Waals surface area contributed by atoms with Crippen LogP contribution in [0.1, 0.15) is 27.7 Å². The number of hydrogen-bond acceptors (Lipinski definition) is 8. The fraction of sp³-hybridized carbons (Fsp3) is 1.00. The number of likely N-dealkylation sites (N-methyl/N-ethyl adjacent to an activating group) is 4. The zero-order valence-electron chi connectivity index (χ0n) is 21.2. The summed E-state index contributed by atoms with van der Waals surface area (Å²) in [6.45, 7) is 8.86. The zero-order chi connectivity index (χ0) is 23.4. The van der Waals surface area contributed by atoms with Crippen LogP contribution in [0.5, 0.6) is 0 Å². The third-order valence-corrected chi connectivity index (χ3v) is 4.58. The molecule has 0 rings (SSSR count). The van der Waals surface area contributed by atoms with Crippen molar-refractivity contribution in [3.8, 4) is 0 Å². The number of rotatable bonds is 8. The van der Waals surface area contributed by atoms with E-state index in [-0.39, 0.29) is 52.6 Å². The third kappa shape index (κ3) is 33.4. The molecule has 0 heterocycles. The van der Waals surface area contributed by atoms with E-state index >= 15 is 0 Å². The molecule has 0 aliphatic carbocycles. The van der Waals surface area contributed by atoms with Crippen molar-refractivity contribution < 1.29 is 46.6 Å². The van der Waals surface area contributed by atoms with E-state index in [4.69, 9.17) is 20.4 Å². The average molecular weight is 504 g/mol. The predicted octanol–water partition coefficient (Wildman–Crippen LogP) is -0.287. The maximum absolute atomic E-state index is 8.46. The topological polar surface area (TPSA) is 93.9 Å². The minimum Gasteiger partial charge on any atom is -0.395 e. The summed E-state index contributed by atoms with van der Waals surface area (Å²) in [5, 5.41) is 33.9. The summed E-state index contributed by atoms with van der Waals surface area (Å²) in [5.74, 6) is 0. The molecule has 0 saturated carbocycles. The van der Waals surface area contributed by atoms with E-state index in [2.05, 4.69) is 0 Å². The van der Waals surface area contributed by atoms with Gasteiger partial charge in [0.15, 0.2) is 0 Å². The van der Waals surface area contributed by atoms with Crippen LogP contribution in [0, 0.1) is 0 Å². The fourth-order valence-electron chi connectivity index (χ4n) is 0.653. The van der Waals surface area contributed by atoms with Crippen molar-refractivity contribution in [2.45, 2.75) is 51.9 Å². The van der Waals surface area contributed by atoms with E-state index in [1.165, 1.54) is 0 Å². The molecular formula is C20H52N4O4Zr. The Kier molecular flexibility index (Phi) is 36.7.